The maximum atomic E-state index is 12.1. The number of rotatable bonds is 15. The maximum absolute atomic E-state index is 12.1. The standard InChI is InChI=1S/C48H49N3O5/c1-34(2)56-42-25-21-37(22-26-42)28-29-49-45-27-24-41(51(54)55)31-44(45)48(6,33-39-17-11-8-12-18-39)46(49)19-13-14-36(4)47(5,32-38-15-9-7-10-16-38)43-30-40(50(52)53)23-20-35(43)3/h7-27,30-31,34H,4,28-29,32-33H2,1-3,5-6H3/b14-13+,46-19+. The molecule has 2 atom stereocenters. The minimum Gasteiger partial charge on any atom is -0.491 e. The molecule has 0 fully saturated rings. The van der Waals surface area contributed by atoms with E-state index in [1.807, 2.05) is 93.6 Å². The minimum atomic E-state index is -0.676. The zero-order chi connectivity index (χ0) is 40.0. The number of ether oxygens (including phenoxy) is 1. The molecular weight excluding hydrogens is 699 g/mol. The van der Waals surface area contributed by atoms with Gasteiger partial charge in [-0.1, -0.05) is 105 Å². The third kappa shape index (κ3) is 8.50. The maximum Gasteiger partial charge on any atom is 0.269 e. The number of allylic oxidation sites excluding steroid dienone is 5. The van der Waals surface area contributed by atoms with Crippen molar-refractivity contribution >= 4 is 17.1 Å². The molecule has 0 saturated carbocycles. The summed E-state index contributed by atoms with van der Waals surface area (Å²) in [5, 5.41) is 24.0. The number of nitro benzene ring substituents is 2. The fourth-order valence-corrected chi connectivity index (χ4v) is 7.98. The Hall–Kier alpha value is -6.28. The van der Waals surface area contributed by atoms with Gasteiger partial charge in [-0.15, -0.1) is 0 Å². The van der Waals surface area contributed by atoms with E-state index >= 15 is 0 Å². The quantitative estimate of drug-likeness (QED) is 0.0601. The first-order chi connectivity index (χ1) is 26.8. The lowest BCUT2D eigenvalue weighted by atomic mass is 9.70. The average Bonchev–Trinajstić information content (AvgIpc) is 3.40. The van der Waals surface area contributed by atoms with Crippen molar-refractivity contribution in [3.63, 3.8) is 0 Å². The molecule has 0 aromatic heterocycles. The molecule has 1 aliphatic heterocycles. The summed E-state index contributed by atoms with van der Waals surface area (Å²) in [6.07, 6.45) is 8.16. The normalized spacial score (nSPS) is 16.9. The Morgan fingerprint density at radius 2 is 1.45 bits per heavy atom. The van der Waals surface area contributed by atoms with Gasteiger partial charge in [-0.3, -0.25) is 20.2 Å². The van der Waals surface area contributed by atoms with Crippen molar-refractivity contribution in [1.29, 1.82) is 0 Å². The SMILES string of the molecule is C=C(/C=C/C=C1/N(CCc2ccc(OC(C)C)cc2)c2ccc([N+](=O)[O-])cc2C1(C)Cc1ccccc1)C(C)(Cc1ccccc1)c1cc([N+](=O)[O-])ccc1C. The van der Waals surface area contributed by atoms with Crippen molar-refractivity contribution in [2.45, 2.75) is 70.8 Å². The topological polar surface area (TPSA) is 98.8 Å². The van der Waals surface area contributed by atoms with Crippen molar-refractivity contribution in [2.75, 3.05) is 11.4 Å². The molecule has 1 heterocycles. The summed E-state index contributed by atoms with van der Waals surface area (Å²) in [7, 11) is 0. The van der Waals surface area contributed by atoms with Gasteiger partial charge in [0, 0.05) is 53.0 Å². The molecule has 1 aliphatic rings. The Kier molecular flexibility index (Phi) is 11.7. The fraction of sp³-hybridized carbons (Fsp3) is 0.250. The third-order valence-corrected chi connectivity index (χ3v) is 10.9. The van der Waals surface area contributed by atoms with E-state index in [0.29, 0.717) is 19.4 Å². The van der Waals surface area contributed by atoms with E-state index in [2.05, 4.69) is 67.8 Å². The average molecular weight is 748 g/mol. The molecular formula is C48H49N3O5. The summed E-state index contributed by atoms with van der Waals surface area (Å²) >= 11 is 0. The predicted octanol–water partition coefficient (Wildman–Crippen LogP) is 11.4. The van der Waals surface area contributed by atoms with Crippen LogP contribution >= 0.6 is 0 Å². The molecule has 5 aromatic carbocycles. The molecule has 0 aliphatic carbocycles. The van der Waals surface area contributed by atoms with Crippen molar-refractivity contribution in [3.8, 4) is 5.75 Å². The number of aryl methyl sites for hydroxylation is 1. The molecule has 0 N–H and O–H groups in total. The summed E-state index contributed by atoms with van der Waals surface area (Å²) in [4.78, 5) is 25.7. The molecule has 286 valence electrons. The highest BCUT2D eigenvalue weighted by Gasteiger charge is 2.44. The van der Waals surface area contributed by atoms with Crippen LogP contribution in [0.4, 0.5) is 17.1 Å². The van der Waals surface area contributed by atoms with Crippen molar-refractivity contribution in [1.82, 2.24) is 0 Å². The van der Waals surface area contributed by atoms with E-state index in [9.17, 15) is 20.2 Å². The predicted molar refractivity (Wildman–Crippen MR) is 226 cm³/mol. The Morgan fingerprint density at radius 1 is 0.839 bits per heavy atom. The van der Waals surface area contributed by atoms with E-state index in [1.54, 1.807) is 24.3 Å². The van der Waals surface area contributed by atoms with Crippen LogP contribution in [0.25, 0.3) is 0 Å². The molecule has 0 saturated heterocycles. The molecule has 8 nitrogen and oxygen atoms in total. The van der Waals surface area contributed by atoms with Gasteiger partial charge in [0.15, 0.2) is 0 Å². The Morgan fingerprint density at radius 3 is 2.07 bits per heavy atom. The highest BCUT2D eigenvalue weighted by Crippen LogP contribution is 2.51. The van der Waals surface area contributed by atoms with Gasteiger partial charge >= 0.3 is 0 Å². The van der Waals surface area contributed by atoms with Gasteiger partial charge in [-0.2, -0.15) is 0 Å². The molecule has 8 heteroatoms. The fourth-order valence-electron chi connectivity index (χ4n) is 7.98. The number of nitrogens with zero attached hydrogens (tertiary/aromatic N) is 3. The van der Waals surface area contributed by atoms with Crippen molar-refractivity contribution < 1.29 is 14.6 Å². The number of hydrogen-bond donors (Lipinski definition) is 0. The van der Waals surface area contributed by atoms with E-state index in [1.165, 1.54) is 0 Å². The first-order valence-corrected chi connectivity index (χ1v) is 19.0. The highest BCUT2D eigenvalue weighted by molar-refractivity contribution is 5.73. The van der Waals surface area contributed by atoms with Crippen LogP contribution in [-0.2, 0) is 30.1 Å². The van der Waals surface area contributed by atoms with E-state index in [4.69, 9.17) is 4.74 Å². The Balaban J connectivity index is 1.43. The molecule has 0 bridgehead atoms. The van der Waals surface area contributed by atoms with Gasteiger partial charge in [0.1, 0.15) is 5.75 Å². The minimum absolute atomic E-state index is 0.0380. The largest absolute Gasteiger partial charge is 0.491 e. The Bertz CT molecular complexity index is 2280. The van der Waals surface area contributed by atoms with Crippen LogP contribution in [-0.4, -0.2) is 22.5 Å². The number of fused-ring (bicyclic) bond motifs is 1. The first kappa shape index (κ1) is 39.4. The summed E-state index contributed by atoms with van der Waals surface area (Å²) in [5.74, 6) is 0.823. The smallest absolute Gasteiger partial charge is 0.269 e. The summed E-state index contributed by atoms with van der Waals surface area (Å²) < 4.78 is 5.88. The number of anilines is 1. The van der Waals surface area contributed by atoms with Gasteiger partial charge in [-0.05, 0) is 110 Å². The van der Waals surface area contributed by atoms with Crippen LogP contribution in [0, 0.1) is 27.2 Å². The second-order valence-corrected chi connectivity index (χ2v) is 15.4. The number of nitro groups is 2. The van der Waals surface area contributed by atoms with Gasteiger partial charge in [0.05, 0.1) is 16.0 Å². The Labute approximate surface area is 329 Å². The molecule has 0 amide bonds. The number of benzene rings is 5. The van der Waals surface area contributed by atoms with Gasteiger partial charge in [0.25, 0.3) is 11.4 Å². The zero-order valence-corrected chi connectivity index (χ0v) is 32.8. The van der Waals surface area contributed by atoms with Crippen LogP contribution in [0.15, 0.2) is 157 Å². The van der Waals surface area contributed by atoms with Crippen molar-refractivity contribution in [3.05, 3.63) is 211 Å². The van der Waals surface area contributed by atoms with Crippen LogP contribution in [0.5, 0.6) is 5.75 Å². The summed E-state index contributed by atoms with van der Waals surface area (Å²) in [6.45, 7) is 15.5. The second-order valence-electron chi connectivity index (χ2n) is 15.4. The van der Waals surface area contributed by atoms with E-state index < -0.39 is 10.8 Å². The van der Waals surface area contributed by atoms with Crippen LogP contribution in [0.3, 0.4) is 0 Å². The molecule has 2 unspecified atom stereocenters. The summed E-state index contributed by atoms with van der Waals surface area (Å²) in [6, 6.07) is 38.7. The number of non-ortho nitro benzene ring substituents is 2. The van der Waals surface area contributed by atoms with Crippen LogP contribution in [0.1, 0.15) is 61.1 Å². The van der Waals surface area contributed by atoms with Gasteiger partial charge in [-0.25, -0.2) is 0 Å². The van der Waals surface area contributed by atoms with E-state index in [-0.39, 0.29) is 27.3 Å². The van der Waals surface area contributed by atoms with Crippen molar-refractivity contribution in [2.24, 2.45) is 0 Å². The molecule has 0 spiro atoms. The van der Waals surface area contributed by atoms with Gasteiger partial charge in [0.2, 0.25) is 0 Å². The molecule has 56 heavy (non-hydrogen) atoms. The number of hydrogen-bond acceptors (Lipinski definition) is 6. The lowest BCUT2D eigenvalue weighted by Gasteiger charge is -2.33. The lowest BCUT2D eigenvalue weighted by molar-refractivity contribution is -0.385. The zero-order valence-electron chi connectivity index (χ0n) is 32.8. The first-order valence-electron chi connectivity index (χ1n) is 19.0. The van der Waals surface area contributed by atoms with Crippen LogP contribution in [0.2, 0.25) is 0 Å². The second kappa shape index (κ2) is 16.6. The van der Waals surface area contributed by atoms with Gasteiger partial charge < -0.3 is 9.64 Å². The van der Waals surface area contributed by atoms with E-state index in [0.717, 1.165) is 62.5 Å². The highest BCUT2D eigenvalue weighted by atomic mass is 16.6. The molecule has 5 aromatic rings. The monoisotopic (exact) mass is 747 g/mol. The third-order valence-electron chi connectivity index (χ3n) is 10.9. The lowest BCUT2D eigenvalue weighted by Crippen LogP contribution is -2.32. The molecule has 6 rings (SSSR count). The van der Waals surface area contributed by atoms with Crippen LogP contribution < -0.4 is 9.64 Å². The molecule has 0 radical (unpaired) electrons. The summed E-state index contributed by atoms with van der Waals surface area (Å²) in [5.41, 5.74) is 7.59.